The number of carbonyl (C=O) groups excluding carboxylic acids is 2. The van der Waals surface area contributed by atoms with Gasteiger partial charge in [-0.1, -0.05) is 18.2 Å². The molecule has 14 heteroatoms. The molecule has 0 saturated carbocycles. The first-order chi connectivity index (χ1) is 15.1. The minimum atomic E-state index is -1.26. The minimum absolute atomic E-state index is 0.0658. The highest BCUT2D eigenvalue weighted by molar-refractivity contribution is 5.65. The zero-order chi connectivity index (χ0) is 23.8. The maximum Gasteiger partial charge on any atom is 0.513 e. The number of benzene rings is 1. The Kier molecular flexibility index (Phi) is 7.92. The van der Waals surface area contributed by atoms with E-state index in [1.54, 1.807) is 6.92 Å². The normalized spacial score (nSPS) is 15.4. The van der Waals surface area contributed by atoms with Crippen LogP contribution in [-0.2, 0) is 23.8 Å². The third-order valence-electron chi connectivity index (χ3n) is 4.14. The Morgan fingerprint density at radius 2 is 1.59 bits per heavy atom. The molecule has 0 aliphatic carbocycles. The van der Waals surface area contributed by atoms with Gasteiger partial charge >= 0.3 is 12.3 Å². The molecule has 1 aromatic rings. The number of methoxy groups -OCH3 is 1. The minimum Gasteiger partial charge on any atom is -0.437 e. The number of nitro groups is 1. The number of para-hydroxylation sites is 1. The van der Waals surface area contributed by atoms with E-state index in [2.05, 4.69) is 14.9 Å². The molecule has 0 saturated heterocycles. The fraction of sp³-hybridized carbons (Fsp3) is 0.333. The molecule has 0 bridgehead atoms. The van der Waals surface area contributed by atoms with E-state index < -0.39 is 41.5 Å². The van der Waals surface area contributed by atoms with Crippen LogP contribution < -0.4 is 5.32 Å². The zero-order valence-corrected chi connectivity index (χ0v) is 17.2. The number of hydrogen-bond acceptors (Lipinski definition) is 12. The summed E-state index contributed by atoms with van der Waals surface area (Å²) in [6.45, 7) is 2.06. The average molecular weight is 453 g/mol. The second-order valence-corrected chi connectivity index (χ2v) is 6.17. The number of nitrogens with zero attached hydrogens (tertiary/aromatic N) is 2. The SMILES string of the molecule is COC(=O)OC1=C(C)NC(C)=C(OC(=O)OCCO[N+](=O)[O-])C1c1ccccc1[N+](=O)[O-]. The summed E-state index contributed by atoms with van der Waals surface area (Å²) in [5, 5.41) is 23.5. The third-order valence-corrected chi connectivity index (χ3v) is 4.14. The predicted octanol–water partition coefficient (Wildman–Crippen LogP) is 2.89. The van der Waals surface area contributed by atoms with Crippen LogP contribution in [0.25, 0.3) is 0 Å². The Hall–Kier alpha value is -4.36. The Bertz CT molecular complexity index is 986. The fourth-order valence-electron chi connectivity index (χ4n) is 2.90. The van der Waals surface area contributed by atoms with E-state index >= 15 is 0 Å². The van der Waals surface area contributed by atoms with Gasteiger partial charge in [-0.2, -0.15) is 0 Å². The van der Waals surface area contributed by atoms with Gasteiger partial charge in [0, 0.05) is 11.6 Å². The molecule has 32 heavy (non-hydrogen) atoms. The van der Waals surface area contributed by atoms with E-state index in [-0.39, 0.29) is 28.5 Å². The lowest BCUT2D eigenvalue weighted by molar-refractivity contribution is -0.757. The highest BCUT2D eigenvalue weighted by Gasteiger charge is 2.38. The van der Waals surface area contributed by atoms with Crippen LogP contribution in [0, 0.1) is 20.2 Å². The summed E-state index contributed by atoms with van der Waals surface area (Å²) in [5.74, 6) is -1.44. The molecule has 1 aromatic carbocycles. The van der Waals surface area contributed by atoms with Crippen molar-refractivity contribution in [3.8, 4) is 0 Å². The molecule has 1 N–H and O–H groups in total. The van der Waals surface area contributed by atoms with E-state index in [1.807, 2.05) is 0 Å². The van der Waals surface area contributed by atoms with Crippen molar-refractivity contribution in [2.45, 2.75) is 19.8 Å². The van der Waals surface area contributed by atoms with Gasteiger partial charge in [0.15, 0.2) is 0 Å². The number of hydrogen-bond donors (Lipinski definition) is 1. The van der Waals surface area contributed by atoms with Crippen LogP contribution in [0.2, 0.25) is 0 Å². The maximum absolute atomic E-state index is 12.1. The predicted molar refractivity (Wildman–Crippen MR) is 103 cm³/mol. The fourth-order valence-corrected chi connectivity index (χ4v) is 2.90. The van der Waals surface area contributed by atoms with Gasteiger partial charge in [-0.05, 0) is 13.8 Å². The zero-order valence-electron chi connectivity index (χ0n) is 17.2. The Morgan fingerprint density at radius 1 is 1.00 bits per heavy atom. The summed E-state index contributed by atoms with van der Waals surface area (Å²) in [4.78, 5) is 49.1. The molecular formula is C18H19N3O11. The number of rotatable bonds is 8. The topological polar surface area (TPSA) is 179 Å². The lowest BCUT2D eigenvalue weighted by atomic mass is 9.89. The second-order valence-electron chi connectivity index (χ2n) is 6.17. The molecule has 0 fully saturated rings. The number of carbonyl (C=O) groups is 2. The summed E-state index contributed by atoms with van der Waals surface area (Å²) in [5.41, 5.74) is 0.341. The lowest BCUT2D eigenvalue weighted by Crippen LogP contribution is -2.29. The van der Waals surface area contributed by atoms with Crippen molar-refractivity contribution in [3.63, 3.8) is 0 Å². The molecule has 1 unspecified atom stereocenters. The molecule has 2 rings (SSSR count). The first-order valence-corrected chi connectivity index (χ1v) is 8.95. The average Bonchev–Trinajstić information content (AvgIpc) is 2.74. The molecule has 14 nitrogen and oxygen atoms in total. The molecule has 0 amide bonds. The van der Waals surface area contributed by atoms with Gasteiger partial charge in [-0.3, -0.25) is 10.1 Å². The van der Waals surface area contributed by atoms with Crippen LogP contribution in [0.1, 0.15) is 25.3 Å². The highest BCUT2D eigenvalue weighted by atomic mass is 17.0. The Morgan fingerprint density at radius 3 is 2.16 bits per heavy atom. The van der Waals surface area contributed by atoms with Gasteiger partial charge in [0.1, 0.15) is 30.6 Å². The number of dihydropyridines is 1. The summed E-state index contributed by atoms with van der Waals surface area (Å²) >= 11 is 0. The quantitative estimate of drug-likeness (QED) is 0.264. The van der Waals surface area contributed by atoms with Crippen molar-refractivity contribution in [1.29, 1.82) is 0 Å². The third kappa shape index (κ3) is 5.84. The first-order valence-electron chi connectivity index (χ1n) is 8.95. The summed E-state index contributed by atoms with van der Waals surface area (Å²) in [6, 6.07) is 5.62. The van der Waals surface area contributed by atoms with Gasteiger partial charge in [0.25, 0.3) is 10.8 Å². The molecule has 1 atom stereocenters. The molecule has 0 aromatic heterocycles. The van der Waals surface area contributed by atoms with Crippen molar-refractivity contribution < 1.29 is 43.4 Å². The summed E-state index contributed by atoms with van der Waals surface area (Å²) < 4.78 is 19.7. The van der Waals surface area contributed by atoms with E-state index in [0.29, 0.717) is 5.70 Å². The second kappa shape index (κ2) is 10.6. The number of ether oxygens (including phenoxy) is 4. The van der Waals surface area contributed by atoms with Crippen LogP contribution in [0.4, 0.5) is 15.3 Å². The van der Waals surface area contributed by atoms with Crippen LogP contribution >= 0.6 is 0 Å². The highest BCUT2D eigenvalue weighted by Crippen LogP contribution is 2.42. The smallest absolute Gasteiger partial charge is 0.437 e. The van der Waals surface area contributed by atoms with E-state index in [0.717, 1.165) is 7.11 Å². The Labute approximate surface area is 180 Å². The van der Waals surface area contributed by atoms with Crippen molar-refractivity contribution in [1.82, 2.24) is 5.32 Å². The molecular weight excluding hydrogens is 434 g/mol. The molecule has 172 valence electrons. The maximum atomic E-state index is 12.1. The van der Waals surface area contributed by atoms with Crippen LogP contribution in [0.5, 0.6) is 0 Å². The summed E-state index contributed by atoms with van der Waals surface area (Å²) in [7, 11) is 1.08. The molecule has 1 heterocycles. The van der Waals surface area contributed by atoms with Crippen LogP contribution in [-0.4, -0.2) is 42.6 Å². The lowest BCUT2D eigenvalue weighted by Gasteiger charge is -2.29. The van der Waals surface area contributed by atoms with Crippen molar-refractivity contribution >= 4 is 18.0 Å². The summed E-state index contributed by atoms with van der Waals surface area (Å²) in [6.07, 6.45) is -2.35. The van der Waals surface area contributed by atoms with Gasteiger partial charge < -0.3 is 29.1 Å². The Balaban J connectivity index is 2.43. The van der Waals surface area contributed by atoms with E-state index in [4.69, 9.17) is 14.2 Å². The molecule has 1 aliphatic rings. The molecule has 1 aliphatic heterocycles. The number of nitro benzene ring substituents is 1. The van der Waals surface area contributed by atoms with Crippen LogP contribution in [0.15, 0.2) is 47.2 Å². The standard InChI is InChI=1S/C18H19N3O11/c1-10-15(31-17(22)28-3)14(12-6-4-5-7-13(12)20(24)25)16(11(2)19-10)32-18(23)29-8-9-30-21(26)27/h4-7,14,19H,8-9H2,1-3H3. The molecule has 0 radical (unpaired) electrons. The number of allylic oxidation sites excluding steroid dienone is 2. The monoisotopic (exact) mass is 453 g/mol. The largest absolute Gasteiger partial charge is 0.513 e. The van der Waals surface area contributed by atoms with E-state index in [1.165, 1.54) is 31.2 Å². The van der Waals surface area contributed by atoms with Gasteiger partial charge in [0.05, 0.1) is 23.4 Å². The van der Waals surface area contributed by atoms with Crippen molar-refractivity contribution in [2.75, 3.05) is 20.3 Å². The first kappa shape index (κ1) is 23.9. The van der Waals surface area contributed by atoms with Gasteiger partial charge in [-0.25, -0.2) is 9.59 Å². The van der Waals surface area contributed by atoms with Crippen molar-refractivity contribution in [3.05, 3.63) is 73.0 Å². The van der Waals surface area contributed by atoms with Crippen molar-refractivity contribution in [2.24, 2.45) is 0 Å². The van der Waals surface area contributed by atoms with Crippen LogP contribution in [0.3, 0.4) is 0 Å². The van der Waals surface area contributed by atoms with Gasteiger partial charge in [-0.15, -0.1) is 10.1 Å². The number of nitrogens with one attached hydrogen (secondary N) is 1. The van der Waals surface area contributed by atoms with Gasteiger partial charge in [0.2, 0.25) is 0 Å². The molecule has 0 spiro atoms. The van der Waals surface area contributed by atoms with E-state index in [9.17, 15) is 29.8 Å².